The van der Waals surface area contributed by atoms with E-state index in [9.17, 15) is 19.7 Å². The number of nitro groups is 1. The van der Waals surface area contributed by atoms with Gasteiger partial charge in [-0.25, -0.2) is 5.43 Å². The lowest BCUT2D eigenvalue weighted by Gasteiger charge is -2.05. The van der Waals surface area contributed by atoms with Crippen LogP contribution in [0.4, 0.5) is 5.69 Å². The summed E-state index contributed by atoms with van der Waals surface area (Å²) in [6, 6.07) is 12.2. The molecular weight excluding hydrogens is 340 g/mol. The highest BCUT2D eigenvalue weighted by Crippen LogP contribution is 2.12. The van der Waals surface area contributed by atoms with Crippen molar-refractivity contribution in [2.75, 3.05) is 13.7 Å². The first kappa shape index (κ1) is 18.6. The average molecular weight is 356 g/mol. The summed E-state index contributed by atoms with van der Waals surface area (Å²) in [5.74, 6) is -0.325. The number of rotatable bonds is 7. The Labute approximate surface area is 148 Å². The molecule has 0 saturated heterocycles. The quantitative estimate of drug-likeness (QED) is 0.442. The van der Waals surface area contributed by atoms with Crippen LogP contribution in [0.3, 0.4) is 0 Å². The monoisotopic (exact) mass is 356 g/mol. The van der Waals surface area contributed by atoms with Gasteiger partial charge in [-0.1, -0.05) is 12.1 Å². The maximum absolute atomic E-state index is 11.9. The first-order chi connectivity index (χ1) is 12.5. The molecule has 2 N–H and O–H groups in total. The summed E-state index contributed by atoms with van der Waals surface area (Å²) in [7, 11) is 1.52. The second-order valence-corrected chi connectivity index (χ2v) is 5.06. The molecule has 0 heterocycles. The molecule has 0 aliphatic carbocycles. The van der Waals surface area contributed by atoms with Crippen molar-refractivity contribution < 1.29 is 19.2 Å². The number of carbonyl (C=O) groups is 2. The highest BCUT2D eigenvalue weighted by molar-refractivity contribution is 5.96. The van der Waals surface area contributed by atoms with E-state index < -0.39 is 16.7 Å². The molecule has 9 nitrogen and oxygen atoms in total. The zero-order valence-electron chi connectivity index (χ0n) is 13.8. The highest BCUT2D eigenvalue weighted by atomic mass is 16.6. The molecule has 0 radical (unpaired) electrons. The molecule has 2 aromatic carbocycles. The van der Waals surface area contributed by atoms with Gasteiger partial charge in [0.25, 0.3) is 17.5 Å². The lowest BCUT2D eigenvalue weighted by molar-refractivity contribution is -0.384. The number of hydrogen-bond donors (Lipinski definition) is 2. The number of nitrogens with one attached hydrogen (secondary N) is 2. The SMILES string of the molecule is COc1ccc(C(=O)NCC(=O)N/N=C\c2cccc([N+](=O)[O-])c2)cc1. The zero-order valence-corrected chi connectivity index (χ0v) is 13.8. The zero-order chi connectivity index (χ0) is 18.9. The number of nitrogens with zero attached hydrogens (tertiary/aromatic N) is 2. The van der Waals surface area contributed by atoms with Crippen LogP contribution < -0.4 is 15.5 Å². The summed E-state index contributed by atoms with van der Waals surface area (Å²) in [5, 5.41) is 16.8. The maximum atomic E-state index is 11.9. The van der Waals surface area contributed by atoms with Gasteiger partial charge in [-0.05, 0) is 24.3 Å². The molecule has 0 fully saturated rings. The lowest BCUT2D eigenvalue weighted by Crippen LogP contribution is -2.34. The van der Waals surface area contributed by atoms with Crippen molar-refractivity contribution in [3.05, 3.63) is 69.8 Å². The van der Waals surface area contributed by atoms with Gasteiger partial charge in [-0.2, -0.15) is 5.10 Å². The molecule has 0 atom stereocenters. The van der Waals surface area contributed by atoms with E-state index in [0.717, 1.165) is 0 Å². The highest BCUT2D eigenvalue weighted by Gasteiger charge is 2.08. The third-order valence-electron chi connectivity index (χ3n) is 3.25. The van der Waals surface area contributed by atoms with Gasteiger partial charge in [-0.15, -0.1) is 0 Å². The number of hydrogen-bond acceptors (Lipinski definition) is 6. The van der Waals surface area contributed by atoms with Crippen LogP contribution in [0.15, 0.2) is 53.6 Å². The number of carbonyl (C=O) groups excluding carboxylic acids is 2. The van der Waals surface area contributed by atoms with Gasteiger partial charge < -0.3 is 10.1 Å². The lowest BCUT2D eigenvalue weighted by atomic mass is 10.2. The topological polar surface area (TPSA) is 123 Å². The molecule has 2 rings (SSSR count). The van der Waals surface area contributed by atoms with Crippen LogP contribution in [0.25, 0.3) is 0 Å². The summed E-state index contributed by atoms with van der Waals surface area (Å²) >= 11 is 0. The van der Waals surface area contributed by atoms with Crippen molar-refractivity contribution in [2.45, 2.75) is 0 Å². The predicted octanol–water partition coefficient (Wildman–Crippen LogP) is 1.48. The third-order valence-corrected chi connectivity index (χ3v) is 3.25. The molecular formula is C17H16N4O5. The van der Waals surface area contributed by atoms with E-state index >= 15 is 0 Å². The molecule has 0 aliphatic rings. The number of non-ortho nitro benzene ring substituents is 1. The Morgan fingerprint density at radius 2 is 1.96 bits per heavy atom. The van der Waals surface area contributed by atoms with Crippen LogP contribution in [0.5, 0.6) is 5.75 Å². The molecule has 26 heavy (non-hydrogen) atoms. The number of ether oxygens (including phenoxy) is 1. The fraction of sp³-hybridized carbons (Fsp3) is 0.118. The predicted molar refractivity (Wildman–Crippen MR) is 94.2 cm³/mol. The van der Waals surface area contributed by atoms with E-state index in [2.05, 4.69) is 15.8 Å². The van der Waals surface area contributed by atoms with E-state index in [-0.39, 0.29) is 12.2 Å². The minimum Gasteiger partial charge on any atom is -0.497 e. The van der Waals surface area contributed by atoms with Crippen LogP contribution in [0, 0.1) is 10.1 Å². The first-order valence-electron chi connectivity index (χ1n) is 7.48. The fourth-order valence-electron chi connectivity index (χ4n) is 1.94. The average Bonchev–Trinajstić information content (AvgIpc) is 2.66. The first-order valence-corrected chi connectivity index (χ1v) is 7.48. The Morgan fingerprint density at radius 1 is 1.23 bits per heavy atom. The van der Waals surface area contributed by atoms with Crippen LogP contribution in [0.2, 0.25) is 0 Å². The molecule has 0 unspecified atom stereocenters. The molecule has 0 aromatic heterocycles. The molecule has 2 amide bonds. The van der Waals surface area contributed by atoms with E-state index in [4.69, 9.17) is 4.74 Å². The van der Waals surface area contributed by atoms with Gasteiger partial charge in [0.1, 0.15) is 5.75 Å². The number of nitro benzene ring substituents is 1. The largest absolute Gasteiger partial charge is 0.497 e. The summed E-state index contributed by atoms with van der Waals surface area (Å²) in [6.07, 6.45) is 1.27. The Morgan fingerprint density at radius 3 is 2.62 bits per heavy atom. The summed E-state index contributed by atoms with van der Waals surface area (Å²) in [5.41, 5.74) is 3.00. The Bertz CT molecular complexity index is 833. The van der Waals surface area contributed by atoms with Gasteiger partial charge in [0, 0.05) is 23.3 Å². The Hall–Kier alpha value is -3.75. The van der Waals surface area contributed by atoms with E-state index in [1.54, 1.807) is 30.3 Å². The Balaban J connectivity index is 1.82. The van der Waals surface area contributed by atoms with Crippen LogP contribution in [-0.2, 0) is 4.79 Å². The van der Waals surface area contributed by atoms with Gasteiger partial charge in [0.05, 0.1) is 24.8 Å². The van der Waals surface area contributed by atoms with Gasteiger partial charge in [0.15, 0.2) is 0 Å². The van der Waals surface area contributed by atoms with Crippen molar-refractivity contribution in [2.24, 2.45) is 5.10 Å². The molecule has 0 bridgehead atoms. The number of benzene rings is 2. The van der Waals surface area contributed by atoms with Crippen molar-refractivity contribution in [1.29, 1.82) is 0 Å². The molecule has 0 aliphatic heterocycles. The minimum absolute atomic E-state index is 0.0768. The van der Waals surface area contributed by atoms with E-state index in [1.807, 2.05) is 0 Å². The van der Waals surface area contributed by atoms with Gasteiger partial charge in [-0.3, -0.25) is 19.7 Å². The van der Waals surface area contributed by atoms with Crippen molar-refractivity contribution in [3.8, 4) is 5.75 Å². The third kappa shape index (κ3) is 5.41. The number of hydrazone groups is 1. The summed E-state index contributed by atoms with van der Waals surface area (Å²) < 4.78 is 5.00. The minimum atomic E-state index is -0.534. The maximum Gasteiger partial charge on any atom is 0.270 e. The molecule has 9 heteroatoms. The van der Waals surface area contributed by atoms with Crippen molar-refractivity contribution in [3.63, 3.8) is 0 Å². The Kier molecular flexibility index (Phi) is 6.38. The summed E-state index contributed by atoms with van der Waals surface area (Å²) in [4.78, 5) is 33.7. The van der Waals surface area contributed by atoms with E-state index in [0.29, 0.717) is 16.9 Å². The van der Waals surface area contributed by atoms with Gasteiger partial charge in [0.2, 0.25) is 0 Å². The number of methoxy groups -OCH3 is 1. The second-order valence-electron chi connectivity index (χ2n) is 5.06. The van der Waals surface area contributed by atoms with Crippen LogP contribution in [0.1, 0.15) is 15.9 Å². The molecule has 0 spiro atoms. The van der Waals surface area contributed by atoms with Gasteiger partial charge >= 0.3 is 0 Å². The van der Waals surface area contributed by atoms with Crippen molar-refractivity contribution >= 4 is 23.7 Å². The normalized spacial score (nSPS) is 10.3. The standard InChI is InChI=1S/C17H16N4O5/c1-26-15-7-5-13(6-8-15)17(23)18-11-16(22)20-19-10-12-3-2-4-14(9-12)21(24)25/h2-10H,11H2,1H3,(H,18,23)(H,20,22)/b19-10-. The molecule has 0 saturated carbocycles. The van der Waals surface area contributed by atoms with Crippen LogP contribution >= 0.6 is 0 Å². The fourth-order valence-corrected chi connectivity index (χ4v) is 1.94. The second kappa shape index (κ2) is 8.92. The van der Waals surface area contributed by atoms with Crippen LogP contribution in [-0.4, -0.2) is 36.6 Å². The van der Waals surface area contributed by atoms with E-state index in [1.165, 1.54) is 31.5 Å². The number of amides is 2. The van der Waals surface area contributed by atoms with Crippen molar-refractivity contribution in [1.82, 2.24) is 10.7 Å². The molecule has 134 valence electrons. The smallest absolute Gasteiger partial charge is 0.270 e. The molecule has 2 aromatic rings. The summed E-state index contributed by atoms with van der Waals surface area (Å²) in [6.45, 7) is -0.267.